The second-order valence-electron chi connectivity index (χ2n) is 7.21. The highest BCUT2D eigenvalue weighted by atomic mass is 32.2. The topological polar surface area (TPSA) is 150 Å². The Bertz CT molecular complexity index is 876. The van der Waals surface area contributed by atoms with Gasteiger partial charge >= 0.3 is 5.97 Å². The van der Waals surface area contributed by atoms with E-state index in [2.05, 4.69) is 9.88 Å². The maximum absolute atomic E-state index is 12.5. The Labute approximate surface area is 169 Å². The van der Waals surface area contributed by atoms with Crippen LogP contribution in [0.15, 0.2) is 9.42 Å². The number of amides is 2. The molecule has 0 aliphatic carbocycles. The molecule has 2 N–H and O–H groups in total. The quantitative estimate of drug-likeness (QED) is 0.601. The normalized spacial score (nSPS) is 18.3. The second-order valence-corrected chi connectivity index (χ2v) is 8.86. The van der Waals surface area contributed by atoms with Gasteiger partial charge in [0.2, 0.25) is 21.8 Å². The highest BCUT2D eigenvalue weighted by Gasteiger charge is 2.32. The smallest absolute Gasteiger partial charge is 0.308 e. The number of piperidine rings is 1. The minimum absolute atomic E-state index is 0.102. The molecule has 1 aliphatic heterocycles. The van der Waals surface area contributed by atoms with Crippen molar-refractivity contribution in [2.24, 2.45) is 5.92 Å². The van der Waals surface area contributed by atoms with E-state index in [9.17, 15) is 22.8 Å². The predicted molar refractivity (Wildman–Crippen MR) is 100 cm³/mol. The first-order chi connectivity index (χ1) is 13.4. The number of likely N-dealkylation sites (tertiary alicyclic amines) is 1. The summed E-state index contributed by atoms with van der Waals surface area (Å²) in [5, 5.41) is 12.7. The fourth-order valence-corrected chi connectivity index (χ4v) is 4.84. The molecule has 29 heavy (non-hydrogen) atoms. The van der Waals surface area contributed by atoms with E-state index in [0.717, 1.165) is 4.90 Å². The number of rotatable bonds is 7. The van der Waals surface area contributed by atoms with Gasteiger partial charge in [-0.25, -0.2) is 8.42 Å². The lowest BCUT2D eigenvalue weighted by Crippen LogP contribution is -2.50. The molecule has 1 aromatic rings. The van der Waals surface area contributed by atoms with Crippen molar-refractivity contribution >= 4 is 27.8 Å². The molecule has 0 saturated carbocycles. The minimum atomic E-state index is -4.04. The number of nitrogens with one attached hydrogen (secondary N) is 1. The maximum Gasteiger partial charge on any atom is 0.308 e. The van der Waals surface area contributed by atoms with Gasteiger partial charge in [-0.15, -0.1) is 0 Å². The van der Waals surface area contributed by atoms with E-state index in [1.165, 1.54) is 32.7 Å². The number of carboxylic acids is 1. The summed E-state index contributed by atoms with van der Waals surface area (Å²) >= 11 is 0. The van der Waals surface area contributed by atoms with E-state index in [0.29, 0.717) is 19.4 Å². The molecule has 0 bridgehead atoms. The summed E-state index contributed by atoms with van der Waals surface area (Å²) in [5.41, 5.74) is 0.177. The molecular formula is C17H26N4O7S. The van der Waals surface area contributed by atoms with Crippen molar-refractivity contribution in [1.29, 1.82) is 0 Å². The largest absolute Gasteiger partial charge is 0.481 e. The number of carboxylic acid groups (broad SMARTS) is 1. The number of hydrogen-bond acceptors (Lipinski definition) is 7. The fourth-order valence-electron chi connectivity index (χ4n) is 3.32. The Morgan fingerprint density at radius 3 is 2.59 bits per heavy atom. The fraction of sp³-hybridized carbons (Fsp3) is 0.647. The average molecular weight is 430 g/mol. The van der Waals surface area contributed by atoms with Crippen LogP contribution in [-0.4, -0.2) is 79.0 Å². The number of sulfonamides is 1. The zero-order chi connectivity index (χ0) is 21.9. The molecule has 0 radical (unpaired) electrons. The van der Waals surface area contributed by atoms with Crippen LogP contribution in [0.2, 0.25) is 0 Å². The van der Waals surface area contributed by atoms with Crippen molar-refractivity contribution < 1.29 is 32.4 Å². The summed E-state index contributed by atoms with van der Waals surface area (Å²) in [5.74, 6) is -2.44. The van der Waals surface area contributed by atoms with Gasteiger partial charge in [0, 0.05) is 20.1 Å². The first-order valence-electron chi connectivity index (χ1n) is 9.14. The first kappa shape index (κ1) is 22.8. The minimum Gasteiger partial charge on any atom is -0.481 e. The highest BCUT2D eigenvalue weighted by Crippen LogP contribution is 2.19. The van der Waals surface area contributed by atoms with Crippen molar-refractivity contribution in [3.8, 4) is 0 Å². The average Bonchev–Trinajstić information content (AvgIpc) is 2.99. The Balaban J connectivity index is 1.98. The number of hydrogen-bond donors (Lipinski definition) is 2. The van der Waals surface area contributed by atoms with Crippen LogP contribution in [0, 0.1) is 19.8 Å². The van der Waals surface area contributed by atoms with Crippen molar-refractivity contribution in [2.45, 2.75) is 44.6 Å². The van der Waals surface area contributed by atoms with Crippen molar-refractivity contribution in [3.05, 3.63) is 11.5 Å². The van der Waals surface area contributed by atoms with Crippen LogP contribution in [-0.2, 0) is 24.4 Å². The van der Waals surface area contributed by atoms with Crippen molar-refractivity contribution in [2.75, 3.05) is 26.7 Å². The second kappa shape index (κ2) is 8.91. The van der Waals surface area contributed by atoms with E-state index >= 15 is 0 Å². The van der Waals surface area contributed by atoms with E-state index in [-0.39, 0.29) is 35.3 Å². The van der Waals surface area contributed by atoms with Crippen LogP contribution in [0.1, 0.15) is 31.2 Å². The molecule has 11 nitrogen and oxygen atoms in total. The molecule has 162 valence electrons. The van der Waals surface area contributed by atoms with Gasteiger partial charge in [-0.05, 0) is 33.6 Å². The molecule has 2 rings (SSSR count). The molecule has 0 unspecified atom stereocenters. The number of aromatic nitrogens is 1. The summed E-state index contributed by atoms with van der Waals surface area (Å²) in [6.45, 7) is 4.56. The number of nitrogens with zero attached hydrogens (tertiary/aromatic N) is 3. The standard InChI is InChI=1S/C17H26N4O7S/c1-10-15(12(3)28-18-10)29(26,27)19-11(2)16(23)20(4)9-14(22)21-7-5-6-13(8-21)17(24)25/h11,13,19H,5-9H2,1-4H3,(H,24,25)/t11-,13-/m1/s1. The SMILES string of the molecule is Cc1noc(C)c1S(=O)(=O)N[C@H](C)C(=O)N(C)CC(=O)N1CCC[C@@H](C(=O)O)C1. The molecule has 2 heterocycles. The summed E-state index contributed by atoms with van der Waals surface area (Å²) in [4.78, 5) is 38.6. The van der Waals surface area contributed by atoms with Gasteiger partial charge in [-0.2, -0.15) is 4.72 Å². The third-order valence-corrected chi connectivity index (χ3v) is 6.60. The van der Waals surface area contributed by atoms with Crippen molar-refractivity contribution in [3.63, 3.8) is 0 Å². The number of aliphatic carboxylic acids is 1. The summed E-state index contributed by atoms with van der Waals surface area (Å²) in [7, 11) is -2.65. The Morgan fingerprint density at radius 1 is 1.38 bits per heavy atom. The first-order valence-corrected chi connectivity index (χ1v) is 10.6. The molecule has 1 saturated heterocycles. The van der Waals surface area contributed by atoms with Crippen LogP contribution in [0.4, 0.5) is 0 Å². The summed E-state index contributed by atoms with van der Waals surface area (Å²) < 4.78 is 32.2. The molecule has 2 atom stereocenters. The number of likely N-dealkylation sites (N-methyl/N-ethyl adjacent to an activating group) is 1. The molecule has 0 aromatic carbocycles. The van der Waals surface area contributed by atoms with Crippen LogP contribution >= 0.6 is 0 Å². The summed E-state index contributed by atoms with van der Waals surface area (Å²) in [6.07, 6.45) is 1.09. The van der Waals surface area contributed by atoms with Crippen LogP contribution < -0.4 is 4.72 Å². The van der Waals surface area contributed by atoms with Crippen LogP contribution in [0.3, 0.4) is 0 Å². The van der Waals surface area contributed by atoms with E-state index < -0.39 is 33.9 Å². The number of carbonyl (C=O) groups excluding carboxylic acids is 2. The lowest BCUT2D eigenvalue weighted by atomic mass is 9.98. The predicted octanol–water partition coefficient (Wildman–Crippen LogP) is -0.260. The zero-order valence-electron chi connectivity index (χ0n) is 16.8. The molecule has 1 aromatic heterocycles. The summed E-state index contributed by atoms with van der Waals surface area (Å²) in [6, 6.07) is -1.13. The Kier molecular flexibility index (Phi) is 7.01. The molecular weight excluding hydrogens is 404 g/mol. The Hall–Kier alpha value is -2.47. The lowest BCUT2D eigenvalue weighted by Gasteiger charge is -2.32. The zero-order valence-corrected chi connectivity index (χ0v) is 17.7. The van der Waals surface area contributed by atoms with Gasteiger partial charge < -0.3 is 19.4 Å². The lowest BCUT2D eigenvalue weighted by molar-refractivity contribution is -0.147. The van der Waals surface area contributed by atoms with Crippen LogP contribution in [0.25, 0.3) is 0 Å². The number of aryl methyl sites for hydroxylation is 2. The van der Waals surface area contributed by atoms with Gasteiger partial charge in [0.15, 0.2) is 5.76 Å². The van der Waals surface area contributed by atoms with Gasteiger partial charge in [-0.1, -0.05) is 5.16 Å². The maximum atomic E-state index is 12.5. The van der Waals surface area contributed by atoms with Crippen molar-refractivity contribution in [1.82, 2.24) is 19.7 Å². The molecule has 0 spiro atoms. The third-order valence-electron chi connectivity index (χ3n) is 4.81. The van der Waals surface area contributed by atoms with E-state index in [1.54, 1.807) is 0 Å². The third kappa shape index (κ3) is 5.32. The van der Waals surface area contributed by atoms with Gasteiger partial charge in [0.05, 0.1) is 18.5 Å². The van der Waals surface area contributed by atoms with Crippen LogP contribution in [0.5, 0.6) is 0 Å². The molecule has 2 amide bonds. The molecule has 12 heteroatoms. The van der Waals surface area contributed by atoms with Gasteiger partial charge in [-0.3, -0.25) is 14.4 Å². The van der Waals surface area contributed by atoms with E-state index in [4.69, 9.17) is 9.63 Å². The molecule has 1 aliphatic rings. The highest BCUT2D eigenvalue weighted by molar-refractivity contribution is 7.89. The van der Waals surface area contributed by atoms with Gasteiger partial charge in [0.25, 0.3) is 0 Å². The van der Waals surface area contributed by atoms with E-state index in [1.807, 2.05) is 0 Å². The number of carbonyl (C=O) groups is 3. The monoisotopic (exact) mass is 430 g/mol. The van der Waals surface area contributed by atoms with Gasteiger partial charge in [0.1, 0.15) is 10.6 Å². The molecule has 1 fully saturated rings. The Morgan fingerprint density at radius 2 is 2.03 bits per heavy atom.